The third-order valence-corrected chi connectivity index (χ3v) is 4.81. The number of likely N-dealkylation sites (N-methyl/N-ethyl adjacent to an activating group) is 1. The van der Waals surface area contributed by atoms with Gasteiger partial charge in [-0.3, -0.25) is 9.59 Å². The Labute approximate surface area is 165 Å². The molecule has 0 unspecified atom stereocenters. The smallest absolute Gasteiger partial charge is 0.313 e. The highest BCUT2D eigenvalue weighted by Crippen LogP contribution is 2.19. The van der Waals surface area contributed by atoms with E-state index in [-0.39, 0.29) is 6.54 Å². The van der Waals surface area contributed by atoms with E-state index in [2.05, 4.69) is 27.5 Å². The van der Waals surface area contributed by atoms with Gasteiger partial charge in [-0.05, 0) is 49.0 Å². The minimum atomic E-state index is -0.680. The molecule has 0 spiro atoms. The van der Waals surface area contributed by atoms with Crippen LogP contribution < -0.4 is 20.3 Å². The van der Waals surface area contributed by atoms with E-state index in [0.717, 1.165) is 43.2 Å². The van der Waals surface area contributed by atoms with Crippen LogP contribution in [0, 0.1) is 0 Å². The lowest BCUT2D eigenvalue weighted by atomic mass is 10.2. The Morgan fingerprint density at radius 1 is 0.929 bits per heavy atom. The lowest BCUT2D eigenvalue weighted by Crippen LogP contribution is -2.44. The molecule has 148 valence electrons. The van der Waals surface area contributed by atoms with E-state index in [1.54, 1.807) is 7.11 Å². The van der Waals surface area contributed by atoms with Crippen LogP contribution >= 0.6 is 0 Å². The topological polar surface area (TPSA) is 73.9 Å². The molecule has 0 bridgehead atoms. The zero-order valence-electron chi connectivity index (χ0n) is 16.3. The van der Waals surface area contributed by atoms with Gasteiger partial charge in [0.15, 0.2) is 0 Å². The van der Waals surface area contributed by atoms with Gasteiger partial charge in [-0.25, -0.2) is 0 Å². The Kier molecular flexibility index (Phi) is 6.49. The summed E-state index contributed by atoms with van der Waals surface area (Å²) in [6, 6.07) is 14.9. The molecule has 1 fully saturated rings. The van der Waals surface area contributed by atoms with Gasteiger partial charge in [-0.2, -0.15) is 0 Å². The maximum absolute atomic E-state index is 12.1. The molecule has 1 aliphatic heterocycles. The van der Waals surface area contributed by atoms with Crippen molar-refractivity contribution >= 4 is 23.2 Å². The molecule has 7 nitrogen and oxygen atoms in total. The molecule has 0 radical (unpaired) electrons. The molecule has 3 rings (SSSR count). The van der Waals surface area contributed by atoms with Crippen molar-refractivity contribution in [2.75, 3.05) is 50.6 Å². The van der Waals surface area contributed by atoms with E-state index in [4.69, 9.17) is 4.74 Å². The first kappa shape index (κ1) is 19.7. The lowest BCUT2D eigenvalue weighted by molar-refractivity contribution is -0.136. The van der Waals surface area contributed by atoms with E-state index < -0.39 is 11.8 Å². The van der Waals surface area contributed by atoms with E-state index >= 15 is 0 Å². The number of methoxy groups -OCH3 is 1. The van der Waals surface area contributed by atoms with Crippen molar-refractivity contribution in [2.24, 2.45) is 0 Å². The van der Waals surface area contributed by atoms with Crippen LogP contribution in [0.4, 0.5) is 11.4 Å². The maximum Gasteiger partial charge on any atom is 0.313 e. The number of amides is 2. The molecular formula is C21H26N4O3. The summed E-state index contributed by atoms with van der Waals surface area (Å²) in [5.41, 5.74) is 2.61. The highest BCUT2D eigenvalue weighted by Gasteiger charge is 2.16. The number of carbonyl (C=O) groups is 2. The van der Waals surface area contributed by atoms with E-state index in [1.807, 2.05) is 48.5 Å². The number of carbonyl (C=O) groups excluding carboxylic acids is 2. The average Bonchev–Trinajstić information content (AvgIpc) is 2.73. The third kappa shape index (κ3) is 5.23. The van der Waals surface area contributed by atoms with Crippen molar-refractivity contribution < 1.29 is 14.3 Å². The van der Waals surface area contributed by atoms with Gasteiger partial charge in [0.05, 0.1) is 7.11 Å². The second-order valence-electron chi connectivity index (χ2n) is 6.82. The molecule has 0 aliphatic carbocycles. The quantitative estimate of drug-likeness (QED) is 0.770. The Hall–Kier alpha value is -3.06. The molecule has 28 heavy (non-hydrogen) atoms. The number of benzene rings is 2. The van der Waals surface area contributed by atoms with Gasteiger partial charge >= 0.3 is 11.8 Å². The van der Waals surface area contributed by atoms with Gasteiger partial charge in [0.2, 0.25) is 0 Å². The third-order valence-electron chi connectivity index (χ3n) is 4.81. The molecule has 2 aromatic carbocycles. The van der Waals surface area contributed by atoms with Crippen LogP contribution in [0.2, 0.25) is 0 Å². The normalized spacial score (nSPS) is 14.4. The van der Waals surface area contributed by atoms with Crippen molar-refractivity contribution in [3.63, 3.8) is 0 Å². The summed E-state index contributed by atoms with van der Waals surface area (Å²) >= 11 is 0. The Bertz CT molecular complexity index is 797. The van der Waals surface area contributed by atoms with Gasteiger partial charge in [-0.1, -0.05) is 12.1 Å². The fourth-order valence-corrected chi connectivity index (χ4v) is 3.01. The number of hydrogen-bond acceptors (Lipinski definition) is 5. The van der Waals surface area contributed by atoms with Crippen LogP contribution in [0.5, 0.6) is 5.75 Å². The number of nitrogens with one attached hydrogen (secondary N) is 2. The Balaban J connectivity index is 1.48. The zero-order valence-corrected chi connectivity index (χ0v) is 16.3. The number of anilines is 2. The molecule has 7 heteroatoms. The lowest BCUT2D eigenvalue weighted by Gasteiger charge is -2.34. The van der Waals surface area contributed by atoms with E-state index in [9.17, 15) is 9.59 Å². The van der Waals surface area contributed by atoms with Crippen molar-refractivity contribution in [1.29, 1.82) is 0 Å². The summed E-state index contributed by atoms with van der Waals surface area (Å²) in [6.45, 7) is 4.31. The molecule has 0 aromatic heterocycles. The predicted octanol–water partition coefficient (Wildman–Crippen LogP) is 1.70. The molecule has 1 saturated heterocycles. The molecule has 2 aromatic rings. The van der Waals surface area contributed by atoms with Gasteiger partial charge in [0.25, 0.3) is 0 Å². The van der Waals surface area contributed by atoms with Gasteiger partial charge in [0, 0.05) is 44.1 Å². The van der Waals surface area contributed by atoms with Gasteiger partial charge < -0.3 is 25.2 Å². The standard InChI is InChI=1S/C21H26N4O3/c1-24-11-13-25(14-12-24)18-7-5-17(6-8-18)23-21(27)20(26)22-15-16-3-9-19(28-2)10-4-16/h3-10H,11-15H2,1-2H3,(H,22,26)(H,23,27). The number of rotatable bonds is 5. The van der Waals surface area contributed by atoms with Gasteiger partial charge in [-0.15, -0.1) is 0 Å². The summed E-state index contributed by atoms with van der Waals surface area (Å²) in [5, 5.41) is 5.25. The molecule has 2 N–H and O–H groups in total. The highest BCUT2D eigenvalue weighted by molar-refractivity contribution is 6.39. The first-order valence-corrected chi connectivity index (χ1v) is 9.31. The van der Waals surface area contributed by atoms with Gasteiger partial charge in [0.1, 0.15) is 5.75 Å². The molecule has 1 aliphatic rings. The first-order chi connectivity index (χ1) is 13.5. The SMILES string of the molecule is COc1ccc(CNC(=O)C(=O)Nc2ccc(N3CCN(C)CC3)cc2)cc1. The zero-order chi connectivity index (χ0) is 19.9. The number of ether oxygens (including phenoxy) is 1. The van der Waals surface area contributed by atoms with Crippen LogP contribution in [0.15, 0.2) is 48.5 Å². The fourth-order valence-electron chi connectivity index (χ4n) is 3.01. The molecule has 0 saturated carbocycles. The summed E-state index contributed by atoms with van der Waals surface area (Å²) in [5.74, 6) is -0.604. The second-order valence-corrected chi connectivity index (χ2v) is 6.82. The molecule has 0 atom stereocenters. The first-order valence-electron chi connectivity index (χ1n) is 9.31. The second kappa shape index (κ2) is 9.23. The van der Waals surface area contributed by atoms with Crippen molar-refractivity contribution in [3.05, 3.63) is 54.1 Å². The van der Waals surface area contributed by atoms with E-state index in [1.165, 1.54) is 0 Å². The number of hydrogen-bond donors (Lipinski definition) is 2. The van der Waals surface area contributed by atoms with Crippen molar-refractivity contribution in [2.45, 2.75) is 6.54 Å². The van der Waals surface area contributed by atoms with Crippen LogP contribution in [0.25, 0.3) is 0 Å². The molecular weight excluding hydrogens is 356 g/mol. The highest BCUT2D eigenvalue weighted by atomic mass is 16.5. The fraction of sp³-hybridized carbons (Fsp3) is 0.333. The predicted molar refractivity (Wildman–Crippen MR) is 110 cm³/mol. The summed E-state index contributed by atoms with van der Waals surface area (Å²) in [6.07, 6.45) is 0. The summed E-state index contributed by atoms with van der Waals surface area (Å²) in [7, 11) is 3.72. The monoisotopic (exact) mass is 382 g/mol. The van der Waals surface area contributed by atoms with Crippen molar-refractivity contribution in [1.82, 2.24) is 10.2 Å². The average molecular weight is 382 g/mol. The van der Waals surface area contributed by atoms with Crippen LogP contribution in [0.1, 0.15) is 5.56 Å². The maximum atomic E-state index is 12.1. The minimum absolute atomic E-state index is 0.276. The Morgan fingerprint density at radius 2 is 1.57 bits per heavy atom. The Morgan fingerprint density at radius 3 is 2.18 bits per heavy atom. The minimum Gasteiger partial charge on any atom is -0.497 e. The molecule has 1 heterocycles. The van der Waals surface area contributed by atoms with E-state index in [0.29, 0.717) is 5.69 Å². The van der Waals surface area contributed by atoms with Crippen LogP contribution in [-0.4, -0.2) is 57.1 Å². The number of nitrogens with zero attached hydrogens (tertiary/aromatic N) is 2. The number of piperazine rings is 1. The summed E-state index contributed by atoms with van der Waals surface area (Å²) in [4.78, 5) is 28.7. The van der Waals surface area contributed by atoms with Crippen LogP contribution in [0.3, 0.4) is 0 Å². The van der Waals surface area contributed by atoms with Crippen LogP contribution in [-0.2, 0) is 16.1 Å². The van der Waals surface area contributed by atoms with Crippen molar-refractivity contribution in [3.8, 4) is 5.75 Å². The summed E-state index contributed by atoms with van der Waals surface area (Å²) < 4.78 is 5.09. The largest absolute Gasteiger partial charge is 0.497 e. The molecule has 2 amide bonds.